The Hall–Kier alpha value is -0.500. The number of likely N-dealkylation sites (N-methyl/N-ethyl adjacent to an activating group) is 1. The normalized spacial score (nSPS) is 14.7. The lowest BCUT2D eigenvalue weighted by atomic mass is 10.0. The third-order valence-electron chi connectivity index (χ3n) is 5.42. The molecule has 9 heteroatoms. The summed E-state index contributed by atoms with van der Waals surface area (Å²) in [5.41, 5.74) is 0. The molecule has 0 saturated carbocycles. The van der Waals surface area contributed by atoms with Gasteiger partial charge in [-0.25, -0.2) is 0 Å². The molecule has 2 atom stereocenters. The molecular formula is C24H50NO7P. The molecule has 8 nitrogen and oxygen atoms in total. The average molecular weight is 496 g/mol. The molecule has 0 heterocycles. The molecule has 0 spiro atoms. The largest absolute Gasteiger partial charge is 0.756 e. The molecular weight excluding hydrogens is 445 g/mol. The van der Waals surface area contributed by atoms with Crippen LogP contribution in [0.4, 0.5) is 0 Å². The second kappa shape index (κ2) is 19.8. The number of nitrogens with zero attached hydrogens (tertiary/aromatic N) is 1. The second-order valence-corrected chi connectivity index (χ2v) is 11.3. The van der Waals surface area contributed by atoms with Crippen LogP contribution in [0, 0.1) is 0 Å². The lowest BCUT2D eigenvalue weighted by Gasteiger charge is -2.28. The van der Waals surface area contributed by atoms with E-state index in [1.54, 1.807) is 0 Å². The Balaban J connectivity index is 3.74. The summed E-state index contributed by atoms with van der Waals surface area (Å²) in [7, 11) is 1.24. The van der Waals surface area contributed by atoms with E-state index in [0.29, 0.717) is 11.0 Å². The summed E-state index contributed by atoms with van der Waals surface area (Å²) in [4.78, 5) is 23.7. The predicted molar refractivity (Wildman–Crippen MR) is 130 cm³/mol. The van der Waals surface area contributed by atoms with E-state index in [9.17, 15) is 19.4 Å². The van der Waals surface area contributed by atoms with E-state index in [0.717, 1.165) is 19.3 Å². The number of carbonyl (C=O) groups is 1. The van der Waals surface area contributed by atoms with Gasteiger partial charge in [0.05, 0.1) is 34.4 Å². The number of ether oxygens (including phenoxy) is 1. The SMILES string of the molecule is CCCCCCCCCCCCCCCC(=O)OC(CO)COP(=O)([O-])OCC[N+](C)(C)C. The number of rotatable bonds is 23. The third-order valence-corrected chi connectivity index (χ3v) is 6.38. The van der Waals surface area contributed by atoms with Crippen molar-refractivity contribution in [2.24, 2.45) is 0 Å². The van der Waals surface area contributed by atoms with Crippen LogP contribution in [-0.4, -0.2) is 69.2 Å². The van der Waals surface area contributed by atoms with E-state index in [1.165, 1.54) is 64.2 Å². The number of hydrogen-bond acceptors (Lipinski definition) is 7. The maximum absolute atomic E-state index is 12.0. The topological polar surface area (TPSA) is 105 Å². The van der Waals surface area contributed by atoms with Crippen LogP contribution in [0.15, 0.2) is 0 Å². The van der Waals surface area contributed by atoms with Crippen LogP contribution >= 0.6 is 7.82 Å². The number of phosphoric ester groups is 1. The van der Waals surface area contributed by atoms with Gasteiger partial charge < -0.3 is 28.3 Å². The highest BCUT2D eigenvalue weighted by atomic mass is 31.2. The summed E-state index contributed by atoms with van der Waals surface area (Å²) in [5, 5.41) is 9.35. The molecule has 0 aromatic carbocycles. The minimum absolute atomic E-state index is 0.00704. The van der Waals surface area contributed by atoms with Crippen LogP contribution in [0.5, 0.6) is 0 Å². The standard InChI is InChI=1S/C24H50NO7P/c1-5-6-7-8-9-10-11-12-13-14-15-16-17-18-24(27)32-23(21-26)22-31-33(28,29)30-20-19-25(2,3)4/h23,26H,5-22H2,1-4H3. The highest BCUT2D eigenvalue weighted by Gasteiger charge is 2.19. The van der Waals surface area contributed by atoms with Crippen molar-refractivity contribution in [3.63, 3.8) is 0 Å². The second-order valence-electron chi connectivity index (χ2n) is 9.88. The fourth-order valence-electron chi connectivity index (χ4n) is 3.29. The molecule has 0 aromatic rings. The third kappa shape index (κ3) is 23.0. The monoisotopic (exact) mass is 495 g/mol. The van der Waals surface area contributed by atoms with Gasteiger partial charge in [0.1, 0.15) is 19.3 Å². The molecule has 0 aromatic heterocycles. The first kappa shape index (κ1) is 32.5. The highest BCUT2D eigenvalue weighted by molar-refractivity contribution is 7.45. The fourth-order valence-corrected chi connectivity index (χ4v) is 4.02. The zero-order valence-electron chi connectivity index (χ0n) is 21.6. The Morgan fingerprint density at radius 2 is 1.36 bits per heavy atom. The van der Waals surface area contributed by atoms with Gasteiger partial charge in [0.2, 0.25) is 0 Å². The van der Waals surface area contributed by atoms with Crippen LogP contribution in [-0.2, 0) is 23.1 Å². The average Bonchev–Trinajstić information content (AvgIpc) is 2.73. The van der Waals surface area contributed by atoms with Crippen LogP contribution in [0.25, 0.3) is 0 Å². The number of unbranched alkanes of at least 4 members (excludes halogenated alkanes) is 12. The van der Waals surface area contributed by atoms with Crippen LogP contribution in [0.2, 0.25) is 0 Å². The first-order valence-corrected chi connectivity index (χ1v) is 14.3. The smallest absolute Gasteiger partial charge is 0.306 e. The van der Waals surface area contributed by atoms with Crippen LogP contribution in [0.3, 0.4) is 0 Å². The van der Waals surface area contributed by atoms with Crippen molar-refractivity contribution in [3.05, 3.63) is 0 Å². The zero-order valence-corrected chi connectivity index (χ0v) is 22.5. The van der Waals surface area contributed by atoms with E-state index < -0.39 is 33.1 Å². The van der Waals surface area contributed by atoms with Crippen LogP contribution < -0.4 is 4.89 Å². The van der Waals surface area contributed by atoms with Gasteiger partial charge in [0.25, 0.3) is 7.82 Å². The number of aliphatic hydroxyl groups is 1. The maximum Gasteiger partial charge on any atom is 0.306 e. The van der Waals surface area contributed by atoms with Gasteiger partial charge in [-0.05, 0) is 6.42 Å². The summed E-state index contributed by atoms with van der Waals surface area (Å²) >= 11 is 0. The lowest BCUT2D eigenvalue weighted by Crippen LogP contribution is -2.37. The molecule has 0 amide bonds. The maximum atomic E-state index is 12.0. The molecule has 0 radical (unpaired) electrons. The molecule has 0 bridgehead atoms. The van der Waals surface area contributed by atoms with E-state index in [-0.39, 0.29) is 13.0 Å². The van der Waals surface area contributed by atoms with Crippen molar-refractivity contribution in [1.29, 1.82) is 0 Å². The Bertz CT molecular complexity index is 525. The summed E-state index contributed by atoms with van der Waals surface area (Å²) in [6.45, 7) is 1.76. The highest BCUT2D eigenvalue weighted by Crippen LogP contribution is 2.38. The Morgan fingerprint density at radius 3 is 1.82 bits per heavy atom. The van der Waals surface area contributed by atoms with Crippen molar-refractivity contribution in [2.75, 3.05) is 47.5 Å². The minimum atomic E-state index is -4.50. The van der Waals surface area contributed by atoms with Crippen molar-refractivity contribution >= 4 is 13.8 Å². The van der Waals surface area contributed by atoms with E-state index in [4.69, 9.17) is 13.8 Å². The zero-order chi connectivity index (χ0) is 25.0. The number of quaternary nitrogens is 1. The van der Waals surface area contributed by atoms with Gasteiger partial charge in [-0.2, -0.15) is 0 Å². The summed E-state index contributed by atoms with van der Waals surface area (Å²) in [6.07, 6.45) is 15.1. The molecule has 0 saturated heterocycles. The number of esters is 1. The molecule has 198 valence electrons. The molecule has 0 fully saturated rings. The summed E-state index contributed by atoms with van der Waals surface area (Å²) < 4.78 is 27.0. The summed E-state index contributed by atoms with van der Waals surface area (Å²) in [6, 6.07) is 0. The molecule has 2 unspecified atom stereocenters. The van der Waals surface area contributed by atoms with Gasteiger partial charge in [0, 0.05) is 6.42 Å². The van der Waals surface area contributed by atoms with Crippen molar-refractivity contribution in [3.8, 4) is 0 Å². The molecule has 0 aliphatic heterocycles. The Morgan fingerprint density at radius 1 is 0.879 bits per heavy atom. The molecule has 0 rings (SSSR count). The van der Waals surface area contributed by atoms with E-state index >= 15 is 0 Å². The number of aliphatic hydroxyl groups excluding tert-OH is 1. The Labute approximate surface area is 202 Å². The fraction of sp³-hybridized carbons (Fsp3) is 0.958. The molecule has 33 heavy (non-hydrogen) atoms. The minimum Gasteiger partial charge on any atom is -0.756 e. The van der Waals surface area contributed by atoms with Crippen molar-refractivity contribution < 1.29 is 37.6 Å². The van der Waals surface area contributed by atoms with Gasteiger partial charge in [0.15, 0.2) is 0 Å². The lowest BCUT2D eigenvalue weighted by molar-refractivity contribution is -0.870. The van der Waals surface area contributed by atoms with E-state index in [2.05, 4.69) is 6.92 Å². The summed E-state index contributed by atoms with van der Waals surface area (Å²) in [5.74, 6) is -0.451. The van der Waals surface area contributed by atoms with Crippen molar-refractivity contribution in [1.82, 2.24) is 0 Å². The first-order valence-electron chi connectivity index (χ1n) is 12.8. The van der Waals surface area contributed by atoms with Gasteiger partial charge >= 0.3 is 5.97 Å². The number of phosphoric acid groups is 1. The molecule has 1 N–H and O–H groups in total. The van der Waals surface area contributed by atoms with Gasteiger partial charge in [-0.3, -0.25) is 9.36 Å². The Kier molecular flexibility index (Phi) is 19.5. The number of carbonyl (C=O) groups excluding carboxylic acids is 1. The van der Waals surface area contributed by atoms with Crippen LogP contribution in [0.1, 0.15) is 96.8 Å². The molecule has 0 aliphatic rings. The quantitative estimate of drug-likeness (QED) is 0.0957. The predicted octanol–water partition coefficient (Wildman–Crippen LogP) is 4.58. The van der Waals surface area contributed by atoms with Crippen molar-refractivity contribution in [2.45, 2.75) is 103 Å². The van der Waals surface area contributed by atoms with Gasteiger partial charge in [-0.15, -0.1) is 0 Å². The van der Waals surface area contributed by atoms with E-state index in [1.807, 2.05) is 21.1 Å². The number of hydrogen-bond donors (Lipinski definition) is 1. The first-order chi connectivity index (χ1) is 15.6. The van der Waals surface area contributed by atoms with Gasteiger partial charge in [-0.1, -0.05) is 84.0 Å². The molecule has 0 aliphatic carbocycles.